The molecule has 0 bridgehead atoms. The maximum absolute atomic E-state index is 11.7. The van der Waals surface area contributed by atoms with Gasteiger partial charge in [0.1, 0.15) is 0 Å². The Morgan fingerprint density at radius 1 is 1.56 bits per heavy atom. The normalized spacial score (nSPS) is 20.6. The van der Waals surface area contributed by atoms with E-state index in [1.165, 1.54) is 0 Å². The summed E-state index contributed by atoms with van der Waals surface area (Å²) in [5.74, 6) is 0.0856. The number of nitrogens with two attached hydrogens (primary N) is 1. The Balaban J connectivity index is 2.41. The number of benzene rings is 1. The standard InChI is InChI=1S/C11H13BrN2OS/c1-6-2-9(13)10(4-8(6)12)14-5-7(16)3-11(14)15/h2,4,7,16H,3,5,13H2,1H3. The maximum atomic E-state index is 11.7. The summed E-state index contributed by atoms with van der Waals surface area (Å²) in [6.07, 6.45) is 0.480. The van der Waals surface area contributed by atoms with Crippen LogP contribution in [0.1, 0.15) is 12.0 Å². The molecule has 1 atom stereocenters. The summed E-state index contributed by atoms with van der Waals surface area (Å²) in [6, 6.07) is 3.77. The Morgan fingerprint density at radius 2 is 2.25 bits per heavy atom. The van der Waals surface area contributed by atoms with Crippen molar-refractivity contribution in [2.45, 2.75) is 18.6 Å². The molecule has 2 N–H and O–H groups in total. The monoisotopic (exact) mass is 300 g/mol. The van der Waals surface area contributed by atoms with Crippen molar-refractivity contribution in [3.63, 3.8) is 0 Å². The molecule has 1 aliphatic heterocycles. The number of carbonyl (C=O) groups excluding carboxylic acids is 1. The molecule has 1 fully saturated rings. The molecule has 3 nitrogen and oxygen atoms in total. The minimum atomic E-state index is 0.0856. The molecule has 0 spiro atoms. The first-order valence-corrected chi connectivity index (χ1v) is 6.34. The molecular weight excluding hydrogens is 288 g/mol. The van der Waals surface area contributed by atoms with Crippen molar-refractivity contribution in [3.05, 3.63) is 22.2 Å². The summed E-state index contributed by atoms with van der Waals surface area (Å²) in [4.78, 5) is 13.4. The molecule has 0 aliphatic carbocycles. The van der Waals surface area contributed by atoms with Crippen LogP contribution in [0.15, 0.2) is 16.6 Å². The van der Waals surface area contributed by atoms with Gasteiger partial charge in [-0.25, -0.2) is 0 Å². The highest BCUT2D eigenvalue weighted by atomic mass is 79.9. The predicted molar refractivity (Wildman–Crippen MR) is 73.0 cm³/mol. The third kappa shape index (κ3) is 2.06. The van der Waals surface area contributed by atoms with Crippen molar-refractivity contribution < 1.29 is 4.79 Å². The second kappa shape index (κ2) is 4.30. The number of carbonyl (C=O) groups is 1. The van der Waals surface area contributed by atoms with E-state index in [0.29, 0.717) is 18.7 Å². The van der Waals surface area contributed by atoms with Gasteiger partial charge in [-0.1, -0.05) is 15.9 Å². The van der Waals surface area contributed by atoms with E-state index < -0.39 is 0 Å². The average molecular weight is 301 g/mol. The summed E-state index contributed by atoms with van der Waals surface area (Å²) in [7, 11) is 0. The van der Waals surface area contributed by atoms with Gasteiger partial charge in [0, 0.05) is 22.7 Å². The van der Waals surface area contributed by atoms with Gasteiger partial charge in [-0.3, -0.25) is 4.79 Å². The van der Waals surface area contributed by atoms with Crippen molar-refractivity contribution >= 4 is 45.8 Å². The molecule has 1 amide bonds. The van der Waals surface area contributed by atoms with Crippen molar-refractivity contribution in [2.75, 3.05) is 17.2 Å². The third-order valence-corrected chi connectivity index (χ3v) is 3.90. The number of thiol groups is 1. The number of nitrogens with zero attached hydrogens (tertiary/aromatic N) is 1. The maximum Gasteiger partial charge on any atom is 0.228 e. The zero-order valence-corrected chi connectivity index (χ0v) is 11.4. The van der Waals surface area contributed by atoms with Crippen LogP contribution < -0.4 is 10.6 Å². The summed E-state index contributed by atoms with van der Waals surface area (Å²) < 4.78 is 0.965. The Bertz CT molecular complexity index is 450. The molecule has 1 heterocycles. The minimum Gasteiger partial charge on any atom is -0.397 e. The van der Waals surface area contributed by atoms with Crippen LogP contribution in [0.5, 0.6) is 0 Å². The fourth-order valence-corrected chi connectivity index (χ4v) is 2.50. The first kappa shape index (κ1) is 11.8. The molecule has 1 aromatic rings. The number of amides is 1. The first-order valence-electron chi connectivity index (χ1n) is 5.03. The highest BCUT2D eigenvalue weighted by Gasteiger charge is 2.29. The quantitative estimate of drug-likeness (QED) is 0.618. The van der Waals surface area contributed by atoms with E-state index >= 15 is 0 Å². The van der Waals surface area contributed by atoms with Crippen LogP contribution in [0.2, 0.25) is 0 Å². The lowest BCUT2D eigenvalue weighted by Crippen LogP contribution is -2.25. The van der Waals surface area contributed by atoms with Crippen LogP contribution in [-0.2, 0) is 4.79 Å². The molecule has 1 saturated heterocycles. The lowest BCUT2D eigenvalue weighted by molar-refractivity contribution is -0.117. The summed E-state index contributed by atoms with van der Waals surface area (Å²) in [6.45, 7) is 2.60. The number of hydrogen-bond donors (Lipinski definition) is 2. The molecule has 1 aliphatic rings. The fraction of sp³-hybridized carbons (Fsp3) is 0.364. The number of hydrogen-bond acceptors (Lipinski definition) is 3. The van der Waals surface area contributed by atoms with Gasteiger partial charge in [0.2, 0.25) is 5.91 Å². The molecular formula is C11H13BrN2OS. The predicted octanol–water partition coefficient (Wildman–Crippen LogP) is 2.37. The fourth-order valence-electron chi connectivity index (χ4n) is 1.85. The second-order valence-corrected chi connectivity index (χ2v) is 5.61. The number of anilines is 2. The van der Waals surface area contributed by atoms with Crippen molar-refractivity contribution in [3.8, 4) is 0 Å². The topological polar surface area (TPSA) is 46.3 Å². The summed E-state index contributed by atoms with van der Waals surface area (Å²) >= 11 is 7.78. The van der Waals surface area contributed by atoms with Gasteiger partial charge < -0.3 is 10.6 Å². The van der Waals surface area contributed by atoms with E-state index in [2.05, 4.69) is 28.6 Å². The molecule has 5 heteroatoms. The van der Waals surface area contributed by atoms with Gasteiger partial charge >= 0.3 is 0 Å². The van der Waals surface area contributed by atoms with E-state index in [-0.39, 0.29) is 11.2 Å². The van der Waals surface area contributed by atoms with Crippen LogP contribution in [0, 0.1) is 6.92 Å². The smallest absolute Gasteiger partial charge is 0.228 e. The third-order valence-electron chi connectivity index (χ3n) is 2.70. The molecule has 2 rings (SSSR count). The number of nitrogen functional groups attached to an aromatic ring is 1. The van der Waals surface area contributed by atoms with Gasteiger partial charge in [-0.2, -0.15) is 12.6 Å². The highest BCUT2D eigenvalue weighted by molar-refractivity contribution is 9.10. The number of halogens is 1. The van der Waals surface area contributed by atoms with Crippen LogP contribution in [-0.4, -0.2) is 17.7 Å². The van der Waals surface area contributed by atoms with Gasteiger partial charge in [-0.15, -0.1) is 0 Å². The van der Waals surface area contributed by atoms with Crippen LogP contribution in [0.4, 0.5) is 11.4 Å². The van der Waals surface area contributed by atoms with Gasteiger partial charge in [0.15, 0.2) is 0 Å². The lowest BCUT2D eigenvalue weighted by atomic mass is 10.2. The van der Waals surface area contributed by atoms with Gasteiger partial charge in [0.05, 0.1) is 11.4 Å². The van der Waals surface area contributed by atoms with E-state index in [9.17, 15) is 4.79 Å². The van der Waals surface area contributed by atoms with E-state index in [0.717, 1.165) is 15.7 Å². The summed E-state index contributed by atoms with van der Waals surface area (Å²) in [5, 5.41) is 0.104. The largest absolute Gasteiger partial charge is 0.397 e. The Hall–Kier alpha value is -0.680. The van der Waals surface area contributed by atoms with Crippen molar-refractivity contribution in [2.24, 2.45) is 0 Å². The lowest BCUT2D eigenvalue weighted by Gasteiger charge is -2.19. The number of rotatable bonds is 1. The van der Waals surface area contributed by atoms with Gasteiger partial charge in [0.25, 0.3) is 0 Å². The second-order valence-electron chi connectivity index (χ2n) is 4.02. The Morgan fingerprint density at radius 3 is 2.81 bits per heavy atom. The molecule has 1 unspecified atom stereocenters. The van der Waals surface area contributed by atoms with Crippen LogP contribution in [0.25, 0.3) is 0 Å². The average Bonchev–Trinajstić information content (AvgIpc) is 2.51. The Labute approximate surface area is 109 Å². The molecule has 86 valence electrons. The van der Waals surface area contributed by atoms with Crippen LogP contribution >= 0.6 is 28.6 Å². The molecule has 1 aromatic carbocycles. The van der Waals surface area contributed by atoms with Gasteiger partial charge in [-0.05, 0) is 24.6 Å². The first-order chi connectivity index (χ1) is 7.49. The minimum absolute atomic E-state index is 0.0856. The van der Waals surface area contributed by atoms with Crippen molar-refractivity contribution in [1.82, 2.24) is 0 Å². The van der Waals surface area contributed by atoms with Crippen LogP contribution in [0.3, 0.4) is 0 Å². The molecule has 0 saturated carbocycles. The molecule has 16 heavy (non-hydrogen) atoms. The summed E-state index contributed by atoms with van der Waals surface area (Å²) in [5.41, 5.74) is 8.42. The molecule has 0 radical (unpaired) electrons. The number of aryl methyl sites for hydroxylation is 1. The van der Waals surface area contributed by atoms with E-state index in [1.807, 2.05) is 19.1 Å². The zero-order chi connectivity index (χ0) is 11.9. The highest BCUT2D eigenvalue weighted by Crippen LogP contribution is 2.33. The van der Waals surface area contributed by atoms with E-state index in [4.69, 9.17) is 5.73 Å². The zero-order valence-electron chi connectivity index (χ0n) is 8.90. The molecule has 0 aromatic heterocycles. The van der Waals surface area contributed by atoms with Crippen molar-refractivity contribution in [1.29, 1.82) is 0 Å². The SMILES string of the molecule is Cc1cc(N)c(N2CC(S)CC2=O)cc1Br. The Kier molecular flexibility index (Phi) is 3.17. The van der Waals surface area contributed by atoms with E-state index in [1.54, 1.807) is 4.90 Å².